The minimum absolute atomic E-state index is 0.122. The molecule has 0 radical (unpaired) electrons. The van der Waals surface area contributed by atoms with Gasteiger partial charge in [-0.15, -0.1) is 0 Å². The first-order valence-corrected chi connectivity index (χ1v) is 4.78. The molecular formula is C10H13NO4. The maximum atomic E-state index is 9.61. The molecule has 2 rings (SSSR count). The fourth-order valence-corrected chi connectivity index (χ4v) is 1.37. The molecule has 0 saturated heterocycles. The number of rotatable bonds is 4. The summed E-state index contributed by atoms with van der Waals surface area (Å²) in [6, 6.07) is 3.21. The van der Waals surface area contributed by atoms with Crippen LogP contribution in [-0.2, 0) is 0 Å². The van der Waals surface area contributed by atoms with Gasteiger partial charge in [-0.1, -0.05) is 0 Å². The number of fused-ring (bicyclic) bond motifs is 1. The number of aliphatic hydroxyl groups is 1. The summed E-state index contributed by atoms with van der Waals surface area (Å²) in [5.41, 5.74) is 0.590. The predicted octanol–water partition coefficient (Wildman–Crippen LogP) is 0.915. The summed E-state index contributed by atoms with van der Waals surface area (Å²) in [5.74, 6) is 1.30. The highest BCUT2D eigenvalue weighted by molar-refractivity contribution is 5.64. The summed E-state index contributed by atoms with van der Waals surface area (Å²) in [4.78, 5) is 0. The van der Waals surface area contributed by atoms with Crippen LogP contribution in [0, 0.1) is 0 Å². The second-order valence-corrected chi connectivity index (χ2v) is 3.23. The third kappa shape index (κ3) is 2.07. The summed E-state index contributed by atoms with van der Waals surface area (Å²) >= 11 is 0. The first kappa shape index (κ1) is 9.92. The third-order valence-corrected chi connectivity index (χ3v) is 2.14. The minimum atomic E-state index is 0.122. The number of aromatic hydroxyl groups is 1. The average molecular weight is 211 g/mol. The molecule has 1 aromatic rings. The maximum absolute atomic E-state index is 9.61. The summed E-state index contributed by atoms with van der Waals surface area (Å²) < 4.78 is 10.3. The van der Waals surface area contributed by atoms with Gasteiger partial charge in [0.15, 0.2) is 11.5 Å². The van der Waals surface area contributed by atoms with Crippen molar-refractivity contribution in [3.05, 3.63) is 12.1 Å². The molecular weight excluding hydrogens is 198 g/mol. The van der Waals surface area contributed by atoms with Crippen LogP contribution in [0.3, 0.4) is 0 Å². The second kappa shape index (κ2) is 4.27. The molecule has 0 unspecified atom stereocenters. The lowest BCUT2D eigenvalue weighted by atomic mass is 10.2. The molecule has 0 amide bonds. The molecule has 1 aromatic carbocycles. The van der Waals surface area contributed by atoms with Crippen molar-refractivity contribution >= 4 is 5.69 Å². The highest BCUT2D eigenvalue weighted by atomic mass is 16.7. The van der Waals surface area contributed by atoms with Gasteiger partial charge in [0, 0.05) is 25.3 Å². The van der Waals surface area contributed by atoms with Gasteiger partial charge in [-0.05, 0) is 6.42 Å². The Morgan fingerprint density at radius 3 is 2.73 bits per heavy atom. The van der Waals surface area contributed by atoms with Crippen molar-refractivity contribution in [1.82, 2.24) is 0 Å². The van der Waals surface area contributed by atoms with Crippen molar-refractivity contribution in [2.45, 2.75) is 6.42 Å². The molecule has 15 heavy (non-hydrogen) atoms. The van der Waals surface area contributed by atoms with Gasteiger partial charge in [-0.25, -0.2) is 0 Å². The zero-order valence-corrected chi connectivity index (χ0v) is 8.19. The van der Waals surface area contributed by atoms with Crippen LogP contribution in [0.1, 0.15) is 6.42 Å². The molecule has 3 N–H and O–H groups in total. The molecule has 0 saturated carbocycles. The molecule has 1 heterocycles. The number of benzene rings is 1. The van der Waals surface area contributed by atoms with Gasteiger partial charge in [0.2, 0.25) is 6.79 Å². The van der Waals surface area contributed by atoms with Crippen molar-refractivity contribution in [1.29, 1.82) is 0 Å². The van der Waals surface area contributed by atoms with Crippen LogP contribution in [0.25, 0.3) is 0 Å². The lowest BCUT2D eigenvalue weighted by Gasteiger charge is -2.08. The fraction of sp³-hybridized carbons (Fsp3) is 0.400. The number of nitrogens with one attached hydrogen (secondary N) is 1. The molecule has 0 aromatic heterocycles. The first-order chi connectivity index (χ1) is 7.31. The van der Waals surface area contributed by atoms with E-state index in [0.29, 0.717) is 30.2 Å². The minimum Gasteiger partial charge on any atom is -0.506 e. The fourth-order valence-electron chi connectivity index (χ4n) is 1.37. The number of ether oxygens (including phenoxy) is 2. The molecule has 82 valence electrons. The summed E-state index contributed by atoms with van der Waals surface area (Å²) in [6.07, 6.45) is 0.633. The smallest absolute Gasteiger partial charge is 0.231 e. The van der Waals surface area contributed by atoms with Crippen LogP contribution in [0.2, 0.25) is 0 Å². The highest BCUT2D eigenvalue weighted by Crippen LogP contribution is 2.40. The molecule has 0 bridgehead atoms. The first-order valence-electron chi connectivity index (χ1n) is 4.78. The van der Waals surface area contributed by atoms with Gasteiger partial charge in [0.1, 0.15) is 5.75 Å². The topological polar surface area (TPSA) is 71.0 Å². The van der Waals surface area contributed by atoms with Crippen molar-refractivity contribution in [3.8, 4) is 17.2 Å². The Bertz CT molecular complexity index is 354. The summed E-state index contributed by atoms with van der Waals surface area (Å²) in [6.45, 7) is 0.914. The Labute approximate surface area is 87.3 Å². The van der Waals surface area contributed by atoms with Crippen LogP contribution in [0.5, 0.6) is 17.2 Å². The van der Waals surface area contributed by atoms with Crippen molar-refractivity contribution in [2.24, 2.45) is 0 Å². The van der Waals surface area contributed by atoms with E-state index in [0.717, 1.165) is 0 Å². The standard InChI is InChI=1S/C10H13NO4/c12-3-1-2-11-7-4-9-10(5-8(7)13)15-6-14-9/h4-5,11-13H,1-3,6H2. The van der Waals surface area contributed by atoms with Gasteiger partial charge in [0.25, 0.3) is 0 Å². The van der Waals surface area contributed by atoms with Crippen LogP contribution in [0.4, 0.5) is 5.69 Å². The van der Waals surface area contributed by atoms with E-state index in [2.05, 4.69) is 5.32 Å². The number of hydrogen-bond acceptors (Lipinski definition) is 5. The van der Waals surface area contributed by atoms with Crippen LogP contribution in [-0.4, -0.2) is 30.2 Å². The summed E-state index contributed by atoms with van der Waals surface area (Å²) in [7, 11) is 0. The Morgan fingerprint density at radius 2 is 2.00 bits per heavy atom. The molecule has 1 aliphatic rings. The van der Waals surface area contributed by atoms with Crippen LogP contribution >= 0.6 is 0 Å². The molecule has 5 heteroatoms. The van der Waals surface area contributed by atoms with Crippen LogP contribution in [0.15, 0.2) is 12.1 Å². The predicted molar refractivity (Wildman–Crippen MR) is 54.4 cm³/mol. The molecule has 5 nitrogen and oxygen atoms in total. The lowest BCUT2D eigenvalue weighted by molar-refractivity contribution is 0.174. The number of phenols is 1. The number of aliphatic hydroxyl groups excluding tert-OH is 1. The van der Waals surface area contributed by atoms with E-state index in [9.17, 15) is 5.11 Å². The molecule has 0 atom stereocenters. The van der Waals surface area contributed by atoms with E-state index in [1.165, 1.54) is 6.07 Å². The van der Waals surface area contributed by atoms with E-state index >= 15 is 0 Å². The third-order valence-electron chi connectivity index (χ3n) is 2.14. The molecule has 0 aliphatic carbocycles. The van der Waals surface area contributed by atoms with E-state index in [-0.39, 0.29) is 19.1 Å². The number of anilines is 1. The van der Waals surface area contributed by atoms with Gasteiger partial charge < -0.3 is 25.0 Å². The maximum Gasteiger partial charge on any atom is 0.231 e. The Hall–Kier alpha value is -1.62. The van der Waals surface area contributed by atoms with Crippen molar-refractivity contribution < 1.29 is 19.7 Å². The molecule has 0 spiro atoms. The van der Waals surface area contributed by atoms with E-state index in [1.54, 1.807) is 6.07 Å². The normalized spacial score (nSPS) is 12.9. The van der Waals surface area contributed by atoms with E-state index < -0.39 is 0 Å². The van der Waals surface area contributed by atoms with Crippen molar-refractivity contribution in [3.63, 3.8) is 0 Å². The zero-order valence-electron chi connectivity index (χ0n) is 8.19. The quantitative estimate of drug-likeness (QED) is 0.510. The average Bonchev–Trinajstić information content (AvgIpc) is 2.65. The Balaban J connectivity index is 2.10. The Kier molecular flexibility index (Phi) is 2.82. The second-order valence-electron chi connectivity index (χ2n) is 3.23. The number of phenolic OH excluding ortho intramolecular Hbond substituents is 1. The SMILES string of the molecule is OCCCNc1cc2c(cc1O)OCO2. The van der Waals surface area contributed by atoms with Crippen molar-refractivity contribution in [2.75, 3.05) is 25.3 Å². The number of hydrogen-bond donors (Lipinski definition) is 3. The van der Waals surface area contributed by atoms with Gasteiger partial charge in [-0.2, -0.15) is 0 Å². The lowest BCUT2D eigenvalue weighted by Crippen LogP contribution is -2.03. The van der Waals surface area contributed by atoms with Crippen LogP contribution < -0.4 is 14.8 Å². The summed E-state index contributed by atoms with van der Waals surface area (Å²) in [5, 5.41) is 21.2. The zero-order chi connectivity index (χ0) is 10.7. The largest absolute Gasteiger partial charge is 0.506 e. The Morgan fingerprint density at radius 1 is 1.27 bits per heavy atom. The van der Waals surface area contributed by atoms with Gasteiger partial charge >= 0.3 is 0 Å². The molecule has 1 aliphatic heterocycles. The van der Waals surface area contributed by atoms with E-state index in [1.807, 2.05) is 0 Å². The van der Waals surface area contributed by atoms with Gasteiger partial charge in [0.05, 0.1) is 5.69 Å². The monoisotopic (exact) mass is 211 g/mol. The van der Waals surface area contributed by atoms with E-state index in [4.69, 9.17) is 14.6 Å². The molecule has 0 fully saturated rings. The highest BCUT2D eigenvalue weighted by Gasteiger charge is 2.16. The van der Waals surface area contributed by atoms with Gasteiger partial charge in [-0.3, -0.25) is 0 Å².